The molecule has 0 aromatic heterocycles. The van der Waals surface area contributed by atoms with Gasteiger partial charge in [-0.15, -0.1) is 0 Å². The Morgan fingerprint density at radius 2 is 1.57 bits per heavy atom. The maximum absolute atomic E-state index is 12.0. The Hall–Kier alpha value is -2.62. The molecular formula is C17H16O4. The van der Waals surface area contributed by atoms with Crippen LogP contribution < -0.4 is 9.47 Å². The number of hydrogen-bond donors (Lipinski definition) is 0. The minimum absolute atomic E-state index is 0.0410. The third-order valence-corrected chi connectivity index (χ3v) is 3.10. The summed E-state index contributed by atoms with van der Waals surface area (Å²) in [5, 5.41) is 0. The molecule has 0 atom stereocenters. The highest BCUT2D eigenvalue weighted by Gasteiger charge is 2.10. The van der Waals surface area contributed by atoms with Gasteiger partial charge >= 0.3 is 5.97 Å². The smallest absolute Gasteiger partial charge is 0.343 e. The average molecular weight is 284 g/mol. The van der Waals surface area contributed by atoms with E-state index in [2.05, 4.69) is 0 Å². The highest BCUT2D eigenvalue weighted by molar-refractivity contribution is 5.96. The van der Waals surface area contributed by atoms with Crippen LogP contribution in [0, 0.1) is 6.92 Å². The van der Waals surface area contributed by atoms with Gasteiger partial charge in [-0.05, 0) is 49.7 Å². The van der Waals surface area contributed by atoms with E-state index in [0.29, 0.717) is 16.9 Å². The van der Waals surface area contributed by atoms with E-state index in [4.69, 9.17) is 9.47 Å². The van der Waals surface area contributed by atoms with E-state index in [-0.39, 0.29) is 5.78 Å². The average Bonchev–Trinajstić information content (AvgIpc) is 2.47. The van der Waals surface area contributed by atoms with E-state index in [1.807, 2.05) is 6.92 Å². The molecule has 0 spiro atoms. The van der Waals surface area contributed by atoms with Crippen LogP contribution in [0.2, 0.25) is 0 Å². The van der Waals surface area contributed by atoms with Crippen molar-refractivity contribution in [1.82, 2.24) is 0 Å². The van der Waals surface area contributed by atoms with Crippen LogP contribution in [-0.2, 0) is 0 Å². The molecule has 0 aliphatic rings. The SMILES string of the molecule is COc1ccc(OC(=O)c2ccc(C(C)=O)cc2)cc1C. The molecule has 0 aliphatic heterocycles. The summed E-state index contributed by atoms with van der Waals surface area (Å²) < 4.78 is 10.5. The zero-order valence-corrected chi connectivity index (χ0v) is 12.2. The van der Waals surface area contributed by atoms with Crippen LogP contribution >= 0.6 is 0 Å². The molecule has 0 radical (unpaired) electrons. The van der Waals surface area contributed by atoms with E-state index in [1.54, 1.807) is 49.6 Å². The lowest BCUT2D eigenvalue weighted by Gasteiger charge is -2.08. The number of Topliss-reactive ketones (excluding diaryl/α,β-unsaturated/α-hetero) is 1. The first-order chi connectivity index (χ1) is 10.0. The third kappa shape index (κ3) is 3.48. The lowest BCUT2D eigenvalue weighted by Crippen LogP contribution is -2.09. The molecule has 2 aromatic carbocycles. The quantitative estimate of drug-likeness (QED) is 0.490. The van der Waals surface area contributed by atoms with E-state index in [1.165, 1.54) is 6.92 Å². The largest absolute Gasteiger partial charge is 0.496 e. The van der Waals surface area contributed by atoms with Gasteiger partial charge in [0, 0.05) is 5.56 Å². The number of rotatable bonds is 4. The summed E-state index contributed by atoms with van der Waals surface area (Å²) in [5.41, 5.74) is 1.84. The number of carbonyl (C=O) groups excluding carboxylic acids is 2. The number of ether oxygens (including phenoxy) is 2. The van der Waals surface area contributed by atoms with Crippen molar-refractivity contribution in [2.24, 2.45) is 0 Å². The molecule has 0 heterocycles. The first kappa shape index (κ1) is 14.8. The molecule has 4 heteroatoms. The van der Waals surface area contributed by atoms with Crippen molar-refractivity contribution in [1.29, 1.82) is 0 Å². The number of benzene rings is 2. The van der Waals surface area contributed by atoms with Gasteiger partial charge in [-0.2, -0.15) is 0 Å². The summed E-state index contributed by atoms with van der Waals surface area (Å²) in [4.78, 5) is 23.2. The number of hydrogen-bond acceptors (Lipinski definition) is 4. The number of aryl methyl sites for hydroxylation is 1. The van der Waals surface area contributed by atoms with Gasteiger partial charge in [-0.1, -0.05) is 12.1 Å². The Morgan fingerprint density at radius 1 is 0.952 bits per heavy atom. The molecule has 0 saturated heterocycles. The molecular weight excluding hydrogens is 268 g/mol. The number of methoxy groups -OCH3 is 1. The fourth-order valence-electron chi connectivity index (χ4n) is 1.92. The van der Waals surface area contributed by atoms with Crippen LogP contribution in [0.1, 0.15) is 33.2 Å². The standard InChI is InChI=1S/C17H16O4/c1-11-10-15(8-9-16(11)20-3)21-17(19)14-6-4-13(5-7-14)12(2)18/h4-10H,1-3H3. The fraction of sp³-hybridized carbons (Fsp3) is 0.176. The second-order valence-electron chi connectivity index (χ2n) is 4.65. The van der Waals surface area contributed by atoms with Gasteiger partial charge in [0.2, 0.25) is 0 Å². The predicted molar refractivity (Wildman–Crippen MR) is 79.1 cm³/mol. The van der Waals surface area contributed by atoms with Crippen molar-refractivity contribution in [3.8, 4) is 11.5 Å². The Labute approximate surface area is 123 Å². The highest BCUT2D eigenvalue weighted by Crippen LogP contribution is 2.23. The van der Waals surface area contributed by atoms with Gasteiger partial charge in [0.15, 0.2) is 5.78 Å². The molecule has 0 aliphatic carbocycles. The number of carbonyl (C=O) groups is 2. The van der Waals surface area contributed by atoms with E-state index >= 15 is 0 Å². The molecule has 4 nitrogen and oxygen atoms in total. The van der Waals surface area contributed by atoms with E-state index in [9.17, 15) is 9.59 Å². The minimum atomic E-state index is -0.463. The lowest BCUT2D eigenvalue weighted by atomic mass is 10.1. The molecule has 0 fully saturated rings. The van der Waals surface area contributed by atoms with Gasteiger partial charge in [0.1, 0.15) is 11.5 Å². The van der Waals surface area contributed by atoms with E-state index < -0.39 is 5.97 Å². The molecule has 0 N–H and O–H groups in total. The van der Waals surface area contributed by atoms with Crippen molar-refractivity contribution in [3.63, 3.8) is 0 Å². The first-order valence-corrected chi connectivity index (χ1v) is 6.49. The predicted octanol–water partition coefficient (Wildman–Crippen LogP) is 3.43. The van der Waals surface area contributed by atoms with Crippen LogP contribution in [0.5, 0.6) is 11.5 Å². The Bertz CT molecular complexity index is 672. The zero-order chi connectivity index (χ0) is 15.4. The van der Waals surface area contributed by atoms with Gasteiger partial charge in [-0.25, -0.2) is 4.79 Å². The Balaban J connectivity index is 2.14. The maximum atomic E-state index is 12.0. The maximum Gasteiger partial charge on any atom is 0.343 e. The highest BCUT2D eigenvalue weighted by atomic mass is 16.5. The fourth-order valence-corrected chi connectivity index (χ4v) is 1.92. The third-order valence-electron chi connectivity index (χ3n) is 3.10. The summed E-state index contributed by atoms with van der Waals surface area (Å²) >= 11 is 0. The molecule has 0 amide bonds. The zero-order valence-electron chi connectivity index (χ0n) is 12.2. The summed E-state index contributed by atoms with van der Waals surface area (Å²) in [5.74, 6) is 0.685. The van der Waals surface area contributed by atoms with Crippen molar-refractivity contribution < 1.29 is 19.1 Å². The second kappa shape index (κ2) is 6.22. The molecule has 2 aromatic rings. The summed E-state index contributed by atoms with van der Waals surface area (Å²) in [6.45, 7) is 3.35. The van der Waals surface area contributed by atoms with Crippen molar-refractivity contribution >= 4 is 11.8 Å². The van der Waals surface area contributed by atoms with Crippen LogP contribution in [0.15, 0.2) is 42.5 Å². The monoisotopic (exact) mass is 284 g/mol. The van der Waals surface area contributed by atoms with Crippen molar-refractivity contribution in [2.75, 3.05) is 7.11 Å². The summed E-state index contributed by atoms with van der Waals surface area (Å²) in [6, 6.07) is 11.5. The van der Waals surface area contributed by atoms with Gasteiger partial charge < -0.3 is 9.47 Å². The Morgan fingerprint density at radius 3 is 2.10 bits per heavy atom. The van der Waals surface area contributed by atoms with Gasteiger partial charge in [-0.3, -0.25) is 4.79 Å². The molecule has 2 rings (SSSR count). The van der Waals surface area contributed by atoms with Crippen molar-refractivity contribution in [2.45, 2.75) is 13.8 Å². The molecule has 0 saturated carbocycles. The Kier molecular flexibility index (Phi) is 4.38. The number of ketones is 1. The molecule has 0 bridgehead atoms. The normalized spacial score (nSPS) is 10.0. The van der Waals surface area contributed by atoms with Crippen LogP contribution in [0.4, 0.5) is 0 Å². The topological polar surface area (TPSA) is 52.6 Å². The van der Waals surface area contributed by atoms with Crippen LogP contribution in [-0.4, -0.2) is 18.9 Å². The first-order valence-electron chi connectivity index (χ1n) is 6.49. The lowest BCUT2D eigenvalue weighted by molar-refractivity contribution is 0.0734. The second-order valence-corrected chi connectivity index (χ2v) is 4.65. The molecule has 108 valence electrons. The van der Waals surface area contributed by atoms with Gasteiger partial charge in [0.05, 0.1) is 12.7 Å². The van der Waals surface area contributed by atoms with Crippen LogP contribution in [0.3, 0.4) is 0 Å². The van der Waals surface area contributed by atoms with Crippen LogP contribution in [0.25, 0.3) is 0 Å². The van der Waals surface area contributed by atoms with E-state index in [0.717, 1.165) is 11.3 Å². The van der Waals surface area contributed by atoms with Gasteiger partial charge in [0.25, 0.3) is 0 Å². The summed E-state index contributed by atoms with van der Waals surface area (Å²) in [6.07, 6.45) is 0. The number of esters is 1. The summed E-state index contributed by atoms with van der Waals surface area (Å²) in [7, 11) is 1.59. The molecule has 0 unspecified atom stereocenters. The minimum Gasteiger partial charge on any atom is -0.496 e. The molecule has 21 heavy (non-hydrogen) atoms. The van der Waals surface area contributed by atoms with Crippen molar-refractivity contribution in [3.05, 3.63) is 59.2 Å².